The molecule has 1 aromatic rings. The highest BCUT2D eigenvalue weighted by atomic mass is 19.3. The van der Waals surface area contributed by atoms with Crippen molar-refractivity contribution in [2.24, 2.45) is 5.92 Å². The van der Waals surface area contributed by atoms with Crippen molar-refractivity contribution in [1.82, 2.24) is 20.9 Å². The number of benzene rings is 1. The minimum Gasteiger partial charge on any atom is -0.459 e. The molecule has 0 radical (unpaired) electrons. The van der Waals surface area contributed by atoms with Gasteiger partial charge in [0.15, 0.2) is 6.04 Å². The molecule has 0 aromatic heterocycles. The van der Waals surface area contributed by atoms with E-state index in [0.29, 0.717) is 31.9 Å². The summed E-state index contributed by atoms with van der Waals surface area (Å²) in [5, 5.41) is 6.98. The molecule has 0 spiro atoms. The fourth-order valence-corrected chi connectivity index (χ4v) is 3.97. The molecule has 1 aromatic carbocycles. The van der Waals surface area contributed by atoms with E-state index in [9.17, 15) is 36.7 Å². The second-order valence-corrected chi connectivity index (χ2v) is 10.0. The number of morpholine rings is 1. The number of carbonyl (C=O) groups is 4. The van der Waals surface area contributed by atoms with Gasteiger partial charge in [-0.3, -0.25) is 19.3 Å². The number of halogens is 4. The van der Waals surface area contributed by atoms with E-state index in [1.54, 1.807) is 49.1 Å². The maximum absolute atomic E-state index is 13.2. The van der Waals surface area contributed by atoms with Crippen LogP contribution in [0.4, 0.5) is 17.6 Å². The maximum atomic E-state index is 13.2. The van der Waals surface area contributed by atoms with Crippen LogP contribution in [0.1, 0.15) is 25.8 Å². The molecule has 1 aliphatic rings. The SMILES string of the molecule is CC(C)C[C@H](NC(=O)[C@H](COC(F)F)NC(=O)CN1CCOCC1)C(=O)N[C@@H](COC(F)F)C(=O)OCc1ccccc1. The fourth-order valence-electron chi connectivity index (χ4n) is 3.97. The van der Waals surface area contributed by atoms with Crippen LogP contribution in [-0.2, 0) is 44.7 Å². The van der Waals surface area contributed by atoms with Crippen LogP contribution in [0.15, 0.2) is 30.3 Å². The largest absolute Gasteiger partial charge is 0.459 e. The first-order valence-electron chi connectivity index (χ1n) is 13.6. The van der Waals surface area contributed by atoms with Gasteiger partial charge >= 0.3 is 19.2 Å². The van der Waals surface area contributed by atoms with E-state index in [4.69, 9.17) is 9.47 Å². The summed E-state index contributed by atoms with van der Waals surface area (Å²) in [6, 6.07) is 3.86. The second-order valence-electron chi connectivity index (χ2n) is 10.0. The lowest BCUT2D eigenvalue weighted by atomic mass is 10.0. The molecule has 3 amide bonds. The van der Waals surface area contributed by atoms with E-state index in [1.165, 1.54) is 0 Å². The second kappa shape index (κ2) is 19.0. The van der Waals surface area contributed by atoms with Crippen molar-refractivity contribution >= 4 is 23.7 Å². The summed E-state index contributed by atoms with van der Waals surface area (Å²) >= 11 is 0. The van der Waals surface area contributed by atoms with Gasteiger partial charge in [-0.1, -0.05) is 44.2 Å². The summed E-state index contributed by atoms with van der Waals surface area (Å²) in [4.78, 5) is 53.3. The summed E-state index contributed by atoms with van der Waals surface area (Å²) in [7, 11) is 0. The Balaban J connectivity index is 2.11. The van der Waals surface area contributed by atoms with Crippen molar-refractivity contribution in [1.29, 1.82) is 0 Å². The Morgan fingerprint density at radius 1 is 0.837 bits per heavy atom. The molecule has 0 saturated carbocycles. The van der Waals surface area contributed by atoms with Gasteiger partial charge in [0.25, 0.3) is 0 Å². The summed E-state index contributed by atoms with van der Waals surface area (Å²) in [6.45, 7) is -3.48. The van der Waals surface area contributed by atoms with E-state index in [-0.39, 0.29) is 25.5 Å². The van der Waals surface area contributed by atoms with Crippen molar-refractivity contribution in [3.63, 3.8) is 0 Å². The predicted molar refractivity (Wildman–Crippen MR) is 143 cm³/mol. The van der Waals surface area contributed by atoms with E-state index in [1.807, 2.05) is 0 Å². The van der Waals surface area contributed by atoms with Gasteiger partial charge in [0.05, 0.1) is 33.0 Å². The summed E-state index contributed by atoms with van der Waals surface area (Å²) in [6.07, 6.45) is 0.00318. The fraction of sp³-hybridized carbons (Fsp3) is 0.630. The lowest BCUT2D eigenvalue weighted by Crippen LogP contribution is -2.58. The minimum atomic E-state index is -3.25. The molecule has 0 bridgehead atoms. The lowest BCUT2D eigenvalue weighted by Gasteiger charge is -2.28. The Labute approximate surface area is 246 Å². The lowest BCUT2D eigenvalue weighted by molar-refractivity contribution is -0.161. The van der Waals surface area contributed by atoms with Crippen LogP contribution in [0.25, 0.3) is 0 Å². The van der Waals surface area contributed by atoms with Gasteiger partial charge in [0.2, 0.25) is 17.7 Å². The van der Waals surface area contributed by atoms with Crippen molar-refractivity contribution in [2.75, 3.05) is 46.1 Å². The molecule has 2 rings (SSSR count). The standard InChI is InChI=1S/C27H38F4N4O8/c1-17(2)12-19(23(37)34-21(16-43-27(30)31)25(39)41-14-18-6-4-3-5-7-18)33-24(38)20(15-42-26(28)29)32-22(36)13-35-8-10-40-11-9-35/h3-7,17,19-21,26-27H,8-16H2,1-2H3,(H,32,36)(H,33,38)(H,34,37)/t19-,20-,21-/m0/s1. The van der Waals surface area contributed by atoms with Gasteiger partial charge in [-0.2, -0.15) is 17.6 Å². The third kappa shape index (κ3) is 14.6. The summed E-state index contributed by atoms with van der Waals surface area (Å²) in [5.74, 6) is -3.87. The third-order valence-corrected chi connectivity index (χ3v) is 6.07. The highest BCUT2D eigenvalue weighted by Gasteiger charge is 2.32. The summed E-state index contributed by atoms with van der Waals surface area (Å²) < 4.78 is 70.0. The third-order valence-electron chi connectivity index (χ3n) is 6.07. The maximum Gasteiger partial charge on any atom is 0.345 e. The molecule has 43 heavy (non-hydrogen) atoms. The summed E-state index contributed by atoms with van der Waals surface area (Å²) in [5.41, 5.74) is 0.605. The number of nitrogens with one attached hydrogen (secondary N) is 3. The Morgan fingerprint density at radius 2 is 1.40 bits per heavy atom. The van der Waals surface area contributed by atoms with Gasteiger partial charge in [-0.25, -0.2) is 4.79 Å². The van der Waals surface area contributed by atoms with Gasteiger partial charge < -0.3 is 34.9 Å². The highest BCUT2D eigenvalue weighted by molar-refractivity contribution is 5.93. The van der Waals surface area contributed by atoms with E-state index in [2.05, 4.69) is 25.4 Å². The Bertz CT molecular complexity index is 1020. The minimum absolute atomic E-state index is 0.00318. The first kappa shape index (κ1) is 35.9. The van der Waals surface area contributed by atoms with Gasteiger partial charge in [0, 0.05) is 13.1 Å². The van der Waals surface area contributed by atoms with Gasteiger partial charge in [0.1, 0.15) is 18.7 Å². The van der Waals surface area contributed by atoms with E-state index in [0.717, 1.165) is 0 Å². The van der Waals surface area contributed by atoms with Crippen LogP contribution < -0.4 is 16.0 Å². The zero-order chi connectivity index (χ0) is 31.8. The molecule has 0 unspecified atom stereocenters. The number of ether oxygens (including phenoxy) is 4. The molecular formula is C27H38F4N4O8. The van der Waals surface area contributed by atoms with Gasteiger partial charge in [-0.15, -0.1) is 0 Å². The zero-order valence-corrected chi connectivity index (χ0v) is 23.9. The molecular weight excluding hydrogens is 584 g/mol. The van der Waals surface area contributed by atoms with Crippen LogP contribution in [0.5, 0.6) is 0 Å². The molecule has 1 heterocycles. The van der Waals surface area contributed by atoms with Crippen molar-refractivity contribution in [3.05, 3.63) is 35.9 Å². The normalized spacial score (nSPS) is 16.0. The quantitative estimate of drug-likeness (QED) is 0.162. The molecule has 1 aliphatic heterocycles. The predicted octanol–water partition coefficient (Wildman–Crippen LogP) is 1.04. The molecule has 242 valence electrons. The van der Waals surface area contributed by atoms with E-state index >= 15 is 0 Å². The van der Waals surface area contributed by atoms with Crippen LogP contribution in [0, 0.1) is 5.92 Å². The molecule has 0 aliphatic carbocycles. The highest BCUT2D eigenvalue weighted by Crippen LogP contribution is 2.09. The number of esters is 1. The first-order valence-corrected chi connectivity index (χ1v) is 13.6. The number of amides is 3. The Morgan fingerprint density at radius 3 is 1.98 bits per heavy atom. The van der Waals surface area contributed by atoms with Gasteiger partial charge in [-0.05, 0) is 17.9 Å². The molecule has 1 fully saturated rings. The molecule has 12 nitrogen and oxygen atoms in total. The molecule has 16 heteroatoms. The molecule has 3 N–H and O–H groups in total. The first-order chi connectivity index (χ1) is 20.4. The zero-order valence-electron chi connectivity index (χ0n) is 23.9. The van der Waals surface area contributed by atoms with Crippen molar-refractivity contribution in [3.8, 4) is 0 Å². The molecule has 1 saturated heterocycles. The smallest absolute Gasteiger partial charge is 0.345 e. The number of alkyl halides is 4. The topological polar surface area (TPSA) is 145 Å². The number of nitrogens with zero attached hydrogens (tertiary/aromatic N) is 1. The average molecular weight is 623 g/mol. The average Bonchev–Trinajstić information content (AvgIpc) is 2.96. The number of hydrogen-bond acceptors (Lipinski definition) is 9. The monoisotopic (exact) mass is 622 g/mol. The van der Waals surface area contributed by atoms with Crippen molar-refractivity contribution in [2.45, 2.75) is 58.2 Å². The van der Waals surface area contributed by atoms with Crippen LogP contribution >= 0.6 is 0 Å². The van der Waals surface area contributed by atoms with E-state index < -0.39 is 68.3 Å². The number of carbonyl (C=O) groups excluding carboxylic acids is 4. The Kier molecular flexibility index (Phi) is 15.9. The molecule has 3 atom stereocenters. The number of rotatable bonds is 18. The van der Waals surface area contributed by atoms with Crippen LogP contribution in [0.2, 0.25) is 0 Å². The van der Waals surface area contributed by atoms with Crippen molar-refractivity contribution < 1.29 is 55.7 Å². The Hall–Kier alpha value is -3.34. The van der Waals surface area contributed by atoms with Crippen LogP contribution in [-0.4, -0.2) is 106 Å². The number of hydrogen-bond donors (Lipinski definition) is 3. The van der Waals surface area contributed by atoms with Crippen LogP contribution in [0.3, 0.4) is 0 Å².